The molecule has 25 heavy (non-hydrogen) atoms. The van der Waals surface area contributed by atoms with Crippen LogP contribution < -0.4 is 4.90 Å². The summed E-state index contributed by atoms with van der Waals surface area (Å²) in [5.74, 6) is 0.948. The number of nitrogens with zero attached hydrogens (tertiary/aromatic N) is 3. The number of anilines is 1. The van der Waals surface area contributed by atoms with Gasteiger partial charge in [-0.3, -0.25) is 24.4 Å². The third-order valence-electron chi connectivity index (χ3n) is 4.42. The smallest absolute Gasteiger partial charge is 0.269 e. The molecular formula is C16H17N3O5S. The second-order valence-electron chi connectivity index (χ2n) is 5.87. The Morgan fingerprint density at radius 2 is 1.24 bits per heavy atom. The lowest BCUT2D eigenvalue weighted by molar-refractivity contribution is -0.385. The largest absolute Gasteiger partial charge is 0.370 e. The summed E-state index contributed by atoms with van der Waals surface area (Å²) in [6, 6.07) is 12.2. The van der Waals surface area contributed by atoms with E-state index in [9.17, 15) is 24.4 Å². The maximum absolute atomic E-state index is 13.2. The van der Waals surface area contributed by atoms with Crippen molar-refractivity contribution in [3.8, 4) is 0 Å². The van der Waals surface area contributed by atoms with Gasteiger partial charge in [0.1, 0.15) is 0 Å². The van der Waals surface area contributed by atoms with Gasteiger partial charge in [0, 0.05) is 59.4 Å². The first kappa shape index (κ1) is 17.0. The molecule has 0 atom stereocenters. The lowest BCUT2D eigenvalue weighted by Gasteiger charge is -2.36. The van der Waals surface area contributed by atoms with E-state index in [4.69, 9.17) is 0 Å². The standard InChI is InChI=1S/C16H17N3O5S/c20-18(21)14-3-1-13(2-4-14)17-9-11-25(24,12-10-17)16-7-5-15(6-8-16)19(22)23/h1-8,25H,9-12H2. The maximum atomic E-state index is 13.2. The second-order valence-corrected chi connectivity index (χ2v) is 9.06. The zero-order chi connectivity index (χ0) is 18.0. The predicted octanol–water partition coefficient (Wildman–Crippen LogP) is 2.40. The van der Waals surface area contributed by atoms with Crippen LogP contribution in [-0.2, 0) is 9.93 Å². The highest BCUT2D eigenvalue weighted by molar-refractivity contribution is 8.03. The summed E-state index contributed by atoms with van der Waals surface area (Å²) in [5, 5.41) is 21.4. The molecular weight excluding hydrogens is 346 g/mol. The van der Waals surface area contributed by atoms with Gasteiger partial charge in [0.2, 0.25) is 0 Å². The van der Waals surface area contributed by atoms with Crippen molar-refractivity contribution in [3.63, 3.8) is 0 Å². The van der Waals surface area contributed by atoms with Gasteiger partial charge < -0.3 is 4.90 Å². The van der Waals surface area contributed by atoms with Crippen LogP contribution in [0.3, 0.4) is 0 Å². The van der Waals surface area contributed by atoms with Gasteiger partial charge in [-0.05, 0) is 24.3 Å². The van der Waals surface area contributed by atoms with Crippen molar-refractivity contribution in [2.45, 2.75) is 4.90 Å². The summed E-state index contributed by atoms with van der Waals surface area (Å²) in [6.07, 6.45) is 0. The molecule has 0 unspecified atom stereocenters. The number of hydrogen-bond donors (Lipinski definition) is 1. The number of rotatable bonds is 4. The molecule has 0 saturated carbocycles. The molecule has 1 aliphatic heterocycles. The Bertz CT molecular complexity index is 839. The minimum atomic E-state index is -2.57. The Hall–Kier alpha value is -2.81. The Labute approximate surface area is 144 Å². The minimum Gasteiger partial charge on any atom is -0.370 e. The van der Waals surface area contributed by atoms with Gasteiger partial charge in [0.15, 0.2) is 0 Å². The van der Waals surface area contributed by atoms with Gasteiger partial charge in [-0.2, -0.15) is 0 Å². The van der Waals surface area contributed by atoms with Gasteiger partial charge in [0.05, 0.1) is 9.85 Å². The molecule has 0 aromatic heterocycles. The predicted molar refractivity (Wildman–Crippen MR) is 95.9 cm³/mol. The average molecular weight is 363 g/mol. The monoisotopic (exact) mass is 363 g/mol. The third-order valence-corrected chi connectivity index (χ3v) is 7.50. The minimum absolute atomic E-state index is 0.0140. The summed E-state index contributed by atoms with van der Waals surface area (Å²) >= 11 is 0. The number of non-ortho nitro benzene ring substituents is 2. The molecule has 132 valence electrons. The van der Waals surface area contributed by atoms with Crippen molar-refractivity contribution in [3.05, 3.63) is 68.8 Å². The lowest BCUT2D eigenvalue weighted by atomic mass is 10.2. The topological polar surface area (TPSA) is 107 Å². The van der Waals surface area contributed by atoms with Crippen LogP contribution in [-0.4, -0.2) is 38.7 Å². The van der Waals surface area contributed by atoms with Gasteiger partial charge in [-0.1, -0.05) is 9.93 Å². The van der Waals surface area contributed by atoms with Crippen molar-refractivity contribution in [2.75, 3.05) is 29.5 Å². The molecule has 1 fully saturated rings. The molecule has 0 bridgehead atoms. The first-order chi connectivity index (χ1) is 11.9. The van der Waals surface area contributed by atoms with E-state index in [0.29, 0.717) is 29.5 Å². The Balaban J connectivity index is 1.70. The van der Waals surface area contributed by atoms with Crippen LogP contribution in [0, 0.1) is 20.2 Å². The highest BCUT2D eigenvalue weighted by atomic mass is 32.2. The fourth-order valence-corrected chi connectivity index (χ4v) is 5.50. The molecule has 0 spiro atoms. The van der Waals surface area contributed by atoms with Crippen LogP contribution in [0.4, 0.5) is 17.1 Å². The maximum Gasteiger partial charge on any atom is 0.269 e. The van der Waals surface area contributed by atoms with Crippen LogP contribution >= 0.6 is 0 Å². The molecule has 0 N–H and O–H groups in total. The van der Waals surface area contributed by atoms with Crippen LogP contribution in [0.15, 0.2) is 53.4 Å². The molecule has 0 aliphatic carbocycles. The quantitative estimate of drug-likeness (QED) is 0.508. The Kier molecular flexibility index (Phi) is 4.49. The second kappa shape index (κ2) is 6.60. The van der Waals surface area contributed by atoms with Gasteiger partial charge in [0.25, 0.3) is 11.4 Å². The van der Waals surface area contributed by atoms with Gasteiger partial charge in [-0.15, -0.1) is 0 Å². The summed E-state index contributed by atoms with van der Waals surface area (Å²) in [4.78, 5) is 23.2. The van der Waals surface area contributed by atoms with E-state index in [-0.39, 0.29) is 11.4 Å². The average Bonchev–Trinajstić information content (AvgIpc) is 2.62. The van der Waals surface area contributed by atoms with E-state index in [1.54, 1.807) is 24.3 Å². The van der Waals surface area contributed by atoms with E-state index < -0.39 is 19.8 Å². The molecule has 3 rings (SSSR count). The van der Waals surface area contributed by atoms with Crippen molar-refractivity contribution < 1.29 is 14.1 Å². The zero-order valence-electron chi connectivity index (χ0n) is 13.3. The fraction of sp³-hybridized carbons (Fsp3) is 0.250. The van der Waals surface area contributed by atoms with E-state index in [2.05, 4.69) is 0 Å². The first-order valence-corrected chi connectivity index (χ1v) is 9.79. The molecule has 0 radical (unpaired) electrons. The molecule has 1 aliphatic rings. The SMILES string of the molecule is O=[N+]([O-])c1ccc(N2CC[SH](=O)(c3ccc([N+](=O)[O-])cc3)CC2)cc1. The summed E-state index contributed by atoms with van der Waals surface area (Å²) in [5.41, 5.74) is 0.887. The molecule has 9 heteroatoms. The highest BCUT2D eigenvalue weighted by Gasteiger charge is 2.26. The third kappa shape index (κ3) is 3.50. The Morgan fingerprint density at radius 3 is 1.68 bits per heavy atom. The number of nitro groups is 2. The van der Waals surface area contributed by atoms with Crippen LogP contribution in [0.2, 0.25) is 0 Å². The van der Waals surface area contributed by atoms with Gasteiger partial charge >= 0.3 is 0 Å². The molecule has 1 heterocycles. The van der Waals surface area contributed by atoms with Crippen molar-refractivity contribution in [1.29, 1.82) is 0 Å². The van der Waals surface area contributed by atoms with E-state index in [1.165, 1.54) is 24.3 Å². The first-order valence-electron chi connectivity index (χ1n) is 7.71. The van der Waals surface area contributed by atoms with Crippen LogP contribution in [0.5, 0.6) is 0 Å². The number of benzene rings is 2. The van der Waals surface area contributed by atoms with E-state index in [0.717, 1.165) is 5.69 Å². The van der Waals surface area contributed by atoms with E-state index in [1.807, 2.05) is 4.90 Å². The number of thiol groups is 1. The number of hydrogen-bond acceptors (Lipinski definition) is 6. The molecule has 2 aromatic rings. The summed E-state index contributed by atoms with van der Waals surface area (Å²) in [6.45, 7) is 1.15. The zero-order valence-corrected chi connectivity index (χ0v) is 14.2. The Morgan fingerprint density at radius 1 is 0.800 bits per heavy atom. The molecule has 1 saturated heterocycles. The normalized spacial score (nSPS) is 17.7. The summed E-state index contributed by atoms with van der Waals surface area (Å²) < 4.78 is 13.2. The lowest BCUT2D eigenvalue weighted by Crippen LogP contribution is -2.43. The number of nitro benzene ring substituents is 2. The molecule has 0 amide bonds. The van der Waals surface area contributed by atoms with Crippen molar-refractivity contribution in [2.24, 2.45) is 0 Å². The van der Waals surface area contributed by atoms with Crippen LogP contribution in [0.25, 0.3) is 0 Å². The van der Waals surface area contributed by atoms with Crippen molar-refractivity contribution in [1.82, 2.24) is 0 Å². The van der Waals surface area contributed by atoms with E-state index >= 15 is 0 Å². The van der Waals surface area contributed by atoms with Crippen LogP contribution in [0.1, 0.15) is 0 Å². The molecule has 2 aromatic carbocycles. The summed E-state index contributed by atoms with van der Waals surface area (Å²) in [7, 11) is -2.57. The molecule has 8 nitrogen and oxygen atoms in total. The van der Waals surface area contributed by atoms with Gasteiger partial charge in [-0.25, -0.2) is 0 Å². The van der Waals surface area contributed by atoms with Crippen molar-refractivity contribution >= 4 is 27.0 Å². The highest BCUT2D eigenvalue weighted by Crippen LogP contribution is 2.28. The fourth-order valence-electron chi connectivity index (χ4n) is 2.94.